The van der Waals surface area contributed by atoms with Crippen LogP contribution < -0.4 is 5.56 Å². The van der Waals surface area contributed by atoms with Crippen LogP contribution in [0.1, 0.15) is 37.5 Å². The molecule has 0 spiro atoms. The summed E-state index contributed by atoms with van der Waals surface area (Å²) in [5.41, 5.74) is 0.233. The van der Waals surface area contributed by atoms with Gasteiger partial charge in [-0.2, -0.15) is 0 Å². The predicted octanol–water partition coefficient (Wildman–Crippen LogP) is 2.89. The van der Waals surface area contributed by atoms with Gasteiger partial charge in [0, 0.05) is 13.1 Å². The summed E-state index contributed by atoms with van der Waals surface area (Å²) in [4.78, 5) is 22.3. The van der Waals surface area contributed by atoms with E-state index < -0.39 is 13.0 Å². The lowest BCUT2D eigenvalue weighted by Gasteiger charge is -2.28. The second-order valence-electron chi connectivity index (χ2n) is 7.54. The molecule has 1 unspecified atom stereocenters. The van der Waals surface area contributed by atoms with E-state index in [2.05, 4.69) is 14.8 Å². The number of hydrogen-bond acceptors (Lipinski definition) is 4. The third kappa shape index (κ3) is 3.89. The molecule has 2 aliphatic heterocycles. The van der Waals surface area contributed by atoms with Gasteiger partial charge in [-0.1, -0.05) is 12.1 Å². The second kappa shape index (κ2) is 8.02. The van der Waals surface area contributed by atoms with Gasteiger partial charge in [0.15, 0.2) is 0 Å². The molecule has 0 saturated carbocycles. The Morgan fingerprint density at radius 2 is 1.85 bits per heavy atom. The van der Waals surface area contributed by atoms with Gasteiger partial charge in [-0.15, -0.1) is 0 Å². The third-order valence-electron chi connectivity index (χ3n) is 5.78. The van der Waals surface area contributed by atoms with Crippen LogP contribution >= 0.6 is 0 Å². The topological polar surface area (TPSA) is 41.4 Å². The monoisotopic (exact) mass is 376 g/mol. The van der Waals surface area contributed by atoms with Gasteiger partial charge >= 0.3 is 0 Å². The van der Waals surface area contributed by atoms with E-state index >= 15 is 0 Å². The Morgan fingerprint density at radius 1 is 1.07 bits per heavy atom. The van der Waals surface area contributed by atoms with Crippen molar-refractivity contribution >= 4 is 10.9 Å². The molecule has 7 heteroatoms. The zero-order chi connectivity index (χ0) is 18.8. The van der Waals surface area contributed by atoms with Gasteiger partial charge in [-0.3, -0.25) is 14.3 Å². The van der Waals surface area contributed by atoms with Crippen LogP contribution in [0.25, 0.3) is 10.9 Å². The SMILES string of the molecule is O=c1c2ccccc2nc(C2CCCN2CCN2CCCC2)n1CC(F)F. The second-order valence-corrected chi connectivity index (χ2v) is 7.54. The first kappa shape index (κ1) is 18.5. The van der Waals surface area contributed by atoms with Crippen LogP contribution in [-0.2, 0) is 6.54 Å². The number of likely N-dealkylation sites (tertiary alicyclic amines) is 2. The van der Waals surface area contributed by atoms with E-state index in [1.807, 2.05) is 6.07 Å². The molecule has 1 aromatic heterocycles. The van der Waals surface area contributed by atoms with Gasteiger partial charge in [0.25, 0.3) is 12.0 Å². The Hall–Kier alpha value is -1.86. The third-order valence-corrected chi connectivity index (χ3v) is 5.78. The first-order chi connectivity index (χ1) is 13.1. The number of fused-ring (bicyclic) bond motifs is 1. The minimum atomic E-state index is -2.58. The standard InChI is InChI=1S/C20H26F2N4O/c21-18(22)14-26-19(23-16-7-2-1-6-15(16)20(26)27)17-8-5-11-25(17)13-12-24-9-3-4-10-24/h1-2,6-7,17-18H,3-5,8-14H2. The number of alkyl halides is 2. The molecule has 1 aromatic carbocycles. The highest BCUT2D eigenvalue weighted by Gasteiger charge is 2.31. The molecule has 0 aliphatic carbocycles. The first-order valence-electron chi connectivity index (χ1n) is 9.87. The van der Waals surface area contributed by atoms with E-state index in [1.165, 1.54) is 17.4 Å². The van der Waals surface area contributed by atoms with E-state index in [4.69, 9.17) is 0 Å². The summed E-state index contributed by atoms with van der Waals surface area (Å²) in [6.45, 7) is 4.50. The number of para-hydroxylation sites is 1. The zero-order valence-electron chi connectivity index (χ0n) is 15.5. The zero-order valence-corrected chi connectivity index (χ0v) is 15.5. The van der Waals surface area contributed by atoms with Crippen LogP contribution in [0.2, 0.25) is 0 Å². The lowest BCUT2D eigenvalue weighted by atomic mass is 10.1. The minimum absolute atomic E-state index is 0.0661. The number of aromatic nitrogens is 2. The van der Waals surface area contributed by atoms with Gasteiger partial charge in [-0.25, -0.2) is 13.8 Å². The number of rotatable bonds is 6. The molecule has 27 heavy (non-hydrogen) atoms. The smallest absolute Gasteiger partial charge is 0.261 e. The van der Waals surface area contributed by atoms with Crippen LogP contribution in [0.5, 0.6) is 0 Å². The van der Waals surface area contributed by atoms with E-state index in [0.717, 1.165) is 45.6 Å². The van der Waals surface area contributed by atoms with Crippen LogP contribution in [0, 0.1) is 0 Å². The molecule has 5 nitrogen and oxygen atoms in total. The molecule has 0 radical (unpaired) electrons. The van der Waals surface area contributed by atoms with Crippen molar-refractivity contribution in [3.8, 4) is 0 Å². The molecular formula is C20H26F2N4O. The highest BCUT2D eigenvalue weighted by atomic mass is 19.3. The Kier molecular flexibility index (Phi) is 5.50. The lowest BCUT2D eigenvalue weighted by molar-refractivity contribution is 0.119. The van der Waals surface area contributed by atoms with E-state index in [1.54, 1.807) is 18.2 Å². The van der Waals surface area contributed by atoms with Crippen LogP contribution in [0.3, 0.4) is 0 Å². The average Bonchev–Trinajstić information content (AvgIpc) is 3.33. The predicted molar refractivity (Wildman–Crippen MR) is 101 cm³/mol. The Balaban J connectivity index is 1.66. The minimum Gasteiger partial charge on any atom is -0.302 e. The highest BCUT2D eigenvalue weighted by molar-refractivity contribution is 5.77. The molecule has 2 aliphatic rings. The van der Waals surface area contributed by atoms with Gasteiger partial charge in [0.1, 0.15) is 5.82 Å². The Bertz CT molecular complexity index is 847. The maximum Gasteiger partial charge on any atom is 0.261 e. The van der Waals surface area contributed by atoms with E-state index in [9.17, 15) is 13.6 Å². The fraction of sp³-hybridized carbons (Fsp3) is 0.600. The molecule has 1 atom stereocenters. The fourth-order valence-corrected chi connectivity index (χ4v) is 4.42. The van der Waals surface area contributed by atoms with Crippen molar-refractivity contribution < 1.29 is 8.78 Å². The van der Waals surface area contributed by atoms with Crippen molar-refractivity contribution in [3.05, 3.63) is 40.4 Å². The number of benzene rings is 1. The average molecular weight is 376 g/mol. The summed E-state index contributed by atoms with van der Waals surface area (Å²) >= 11 is 0. The van der Waals surface area contributed by atoms with E-state index in [0.29, 0.717) is 16.7 Å². The van der Waals surface area contributed by atoms with Crippen molar-refractivity contribution in [3.63, 3.8) is 0 Å². The van der Waals surface area contributed by atoms with Gasteiger partial charge < -0.3 is 4.90 Å². The summed E-state index contributed by atoms with van der Waals surface area (Å²) in [7, 11) is 0. The molecule has 0 bridgehead atoms. The van der Waals surface area contributed by atoms with Crippen LogP contribution in [0.15, 0.2) is 29.1 Å². The van der Waals surface area contributed by atoms with E-state index in [-0.39, 0.29) is 11.6 Å². The lowest BCUT2D eigenvalue weighted by Crippen LogP contribution is -2.37. The molecule has 2 fully saturated rings. The summed E-state index contributed by atoms with van der Waals surface area (Å²) in [5, 5.41) is 0.406. The summed E-state index contributed by atoms with van der Waals surface area (Å²) in [6, 6.07) is 6.96. The van der Waals surface area contributed by atoms with Crippen molar-refractivity contribution in [1.29, 1.82) is 0 Å². The molecule has 0 N–H and O–H groups in total. The number of nitrogens with zero attached hydrogens (tertiary/aromatic N) is 4. The van der Waals surface area contributed by atoms with Crippen molar-refractivity contribution in [2.45, 2.75) is 44.7 Å². The Morgan fingerprint density at radius 3 is 2.63 bits per heavy atom. The molecule has 0 amide bonds. The van der Waals surface area contributed by atoms with Crippen molar-refractivity contribution in [1.82, 2.24) is 19.4 Å². The maximum absolute atomic E-state index is 13.2. The molecule has 146 valence electrons. The van der Waals surface area contributed by atoms with Gasteiger partial charge in [0.05, 0.1) is 23.5 Å². The van der Waals surface area contributed by atoms with Crippen LogP contribution in [0.4, 0.5) is 8.78 Å². The number of halogens is 2. The summed E-state index contributed by atoms with van der Waals surface area (Å²) in [6.07, 6.45) is 1.78. The van der Waals surface area contributed by atoms with Crippen LogP contribution in [-0.4, -0.2) is 58.5 Å². The molecule has 3 heterocycles. The maximum atomic E-state index is 13.2. The van der Waals surface area contributed by atoms with Gasteiger partial charge in [0.2, 0.25) is 0 Å². The Labute approximate surface area is 157 Å². The molecule has 2 saturated heterocycles. The highest BCUT2D eigenvalue weighted by Crippen LogP contribution is 2.31. The largest absolute Gasteiger partial charge is 0.302 e. The first-order valence-corrected chi connectivity index (χ1v) is 9.87. The van der Waals surface area contributed by atoms with Crippen molar-refractivity contribution in [2.24, 2.45) is 0 Å². The quantitative estimate of drug-likeness (QED) is 0.777. The van der Waals surface area contributed by atoms with Gasteiger partial charge in [-0.05, 0) is 57.5 Å². The fourth-order valence-electron chi connectivity index (χ4n) is 4.42. The summed E-state index contributed by atoms with van der Waals surface area (Å²) in [5.74, 6) is 0.498. The van der Waals surface area contributed by atoms with Crippen molar-refractivity contribution in [2.75, 3.05) is 32.7 Å². The number of hydrogen-bond donors (Lipinski definition) is 0. The normalized spacial score (nSPS) is 21.7. The summed E-state index contributed by atoms with van der Waals surface area (Å²) < 4.78 is 27.6. The molecule has 4 rings (SSSR count). The molecular weight excluding hydrogens is 350 g/mol. The molecule has 2 aromatic rings.